The molecule has 0 radical (unpaired) electrons. The maximum absolute atomic E-state index is 12.8. The first-order valence-corrected chi connectivity index (χ1v) is 7.64. The van der Waals surface area contributed by atoms with Crippen molar-refractivity contribution in [2.24, 2.45) is 0 Å². The molecule has 22 heavy (non-hydrogen) atoms. The normalized spacial score (nSPS) is 11.5. The molecule has 0 atom stereocenters. The fourth-order valence-electron chi connectivity index (χ4n) is 2.13. The van der Waals surface area contributed by atoms with Gasteiger partial charge in [-0.15, -0.1) is 0 Å². The minimum Gasteiger partial charge on any atom is -0.492 e. The Bertz CT molecular complexity index is 570. The van der Waals surface area contributed by atoms with Gasteiger partial charge in [-0.25, -0.2) is 4.39 Å². The molecule has 0 unspecified atom stereocenters. The molecule has 2 nitrogen and oxygen atoms in total. The van der Waals surface area contributed by atoms with E-state index in [2.05, 4.69) is 50.4 Å². The lowest BCUT2D eigenvalue weighted by Crippen LogP contribution is -2.20. The number of nitrogens with one attached hydrogen (secondary N) is 1. The second-order valence-corrected chi connectivity index (χ2v) is 6.43. The predicted octanol–water partition coefficient (Wildman–Crippen LogP) is 4.29. The van der Waals surface area contributed by atoms with Crippen molar-refractivity contribution in [1.82, 2.24) is 5.32 Å². The van der Waals surface area contributed by atoms with Crippen LogP contribution in [0.4, 0.5) is 4.39 Å². The number of hydrogen-bond donors (Lipinski definition) is 1. The molecule has 0 aliphatic carbocycles. The number of halogens is 1. The van der Waals surface area contributed by atoms with Gasteiger partial charge in [0.05, 0.1) is 0 Å². The van der Waals surface area contributed by atoms with Crippen molar-refractivity contribution < 1.29 is 9.13 Å². The molecule has 3 heteroatoms. The van der Waals surface area contributed by atoms with Crippen molar-refractivity contribution in [3.63, 3.8) is 0 Å². The molecule has 2 rings (SSSR count). The molecule has 0 bridgehead atoms. The van der Waals surface area contributed by atoms with E-state index in [1.807, 2.05) is 0 Å². The number of hydrogen-bond acceptors (Lipinski definition) is 2. The van der Waals surface area contributed by atoms with Gasteiger partial charge in [0.2, 0.25) is 0 Å². The van der Waals surface area contributed by atoms with Gasteiger partial charge >= 0.3 is 0 Å². The van der Waals surface area contributed by atoms with Crippen LogP contribution in [-0.2, 0) is 12.0 Å². The van der Waals surface area contributed by atoms with Crippen LogP contribution in [0.25, 0.3) is 0 Å². The zero-order valence-corrected chi connectivity index (χ0v) is 13.5. The summed E-state index contributed by atoms with van der Waals surface area (Å²) < 4.78 is 18.3. The van der Waals surface area contributed by atoms with Gasteiger partial charge in [0, 0.05) is 13.1 Å². The molecule has 0 heterocycles. The zero-order chi connectivity index (χ0) is 16.0. The van der Waals surface area contributed by atoms with Gasteiger partial charge in [0.15, 0.2) is 0 Å². The highest BCUT2D eigenvalue weighted by Crippen LogP contribution is 2.22. The molecule has 118 valence electrons. The van der Waals surface area contributed by atoms with Crippen LogP contribution < -0.4 is 10.1 Å². The summed E-state index contributed by atoms with van der Waals surface area (Å²) in [5, 5.41) is 3.34. The molecule has 0 amide bonds. The van der Waals surface area contributed by atoms with Gasteiger partial charge < -0.3 is 10.1 Å². The van der Waals surface area contributed by atoms with E-state index in [4.69, 9.17) is 4.74 Å². The lowest BCUT2D eigenvalue weighted by atomic mass is 9.87. The summed E-state index contributed by atoms with van der Waals surface area (Å²) in [5.41, 5.74) is 2.79. The maximum Gasteiger partial charge on any atom is 0.123 e. The van der Waals surface area contributed by atoms with Crippen LogP contribution in [0.2, 0.25) is 0 Å². The van der Waals surface area contributed by atoms with E-state index in [1.54, 1.807) is 12.1 Å². The highest BCUT2D eigenvalue weighted by molar-refractivity contribution is 5.27. The second-order valence-electron chi connectivity index (χ2n) is 6.43. The van der Waals surface area contributed by atoms with Gasteiger partial charge in [-0.1, -0.05) is 45.0 Å². The summed E-state index contributed by atoms with van der Waals surface area (Å²) >= 11 is 0. The summed E-state index contributed by atoms with van der Waals surface area (Å²) in [6, 6.07) is 14.8. The average Bonchev–Trinajstić information content (AvgIpc) is 2.48. The summed E-state index contributed by atoms with van der Waals surface area (Å²) in [4.78, 5) is 0. The molecule has 0 aromatic heterocycles. The summed E-state index contributed by atoms with van der Waals surface area (Å²) in [6.45, 7) is 8.77. The Kier molecular flexibility index (Phi) is 5.56. The number of ether oxygens (including phenoxy) is 1. The Morgan fingerprint density at radius 3 is 2.18 bits per heavy atom. The summed E-state index contributed by atoms with van der Waals surface area (Å²) in [6.07, 6.45) is 0. The van der Waals surface area contributed by atoms with Crippen LogP contribution in [0.5, 0.6) is 5.75 Å². The van der Waals surface area contributed by atoms with Crippen LogP contribution in [0.3, 0.4) is 0 Å². The van der Waals surface area contributed by atoms with Gasteiger partial charge in [-0.05, 0) is 40.8 Å². The largest absolute Gasteiger partial charge is 0.492 e. The molecule has 0 spiro atoms. The van der Waals surface area contributed by atoms with Crippen molar-refractivity contribution in [2.45, 2.75) is 32.7 Å². The van der Waals surface area contributed by atoms with Gasteiger partial charge in [-0.2, -0.15) is 0 Å². The van der Waals surface area contributed by atoms with E-state index in [9.17, 15) is 4.39 Å². The molecule has 2 aromatic carbocycles. The van der Waals surface area contributed by atoms with E-state index in [0.29, 0.717) is 12.4 Å². The van der Waals surface area contributed by atoms with Crippen molar-refractivity contribution >= 4 is 0 Å². The summed E-state index contributed by atoms with van der Waals surface area (Å²) in [5.74, 6) is 0.446. The molecule has 0 saturated carbocycles. The van der Waals surface area contributed by atoms with Gasteiger partial charge in [-0.3, -0.25) is 0 Å². The van der Waals surface area contributed by atoms with Crippen LogP contribution >= 0.6 is 0 Å². The zero-order valence-electron chi connectivity index (χ0n) is 13.5. The first-order valence-electron chi connectivity index (χ1n) is 7.64. The average molecular weight is 301 g/mol. The molecule has 1 N–H and O–H groups in total. The Labute approximate surface area is 132 Å². The Morgan fingerprint density at radius 1 is 0.955 bits per heavy atom. The molecule has 2 aromatic rings. The van der Waals surface area contributed by atoms with Gasteiger partial charge in [0.1, 0.15) is 18.2 Å². The van der Waals surface area contributed by atoms with Crippen molar-refractivity contribution in [1.29, 1.82) is 0 Å². The monoisotopic (exact) mass is 301 g/mol. The minimum atomic E-state index is -0.246. The number of benzene rings is 2. The van der Waals surface area contributed by atoms with Crippen molar-refractivity contribution in [2.75, 3.05) is 13.2 Å². The smallest absolute Gasteiger partial charge is 0.123 e. The Hall–Kier alpha value is -1.87. The van der Waals surface area contributed by atoms with Crippen LogP contribution in [0, 0.1) is 5.82 Å². The molecule has 0 aliphatic rings. The Morgan fingerprint density at radius 2 is 1.59 bits per heavy atom. The molecular formula is C19H24FNO. The fourth-order valence-corrected chi connectivity index (χ4v) is 2.13. The maximum atomic E-state index is 12.8. The second kappa shape index (κ2) is 7.41. The first kappa shape index (κ1) is 16.5. The van der Waals surface area contributed by atoms with Gasteiger partial charge in [0.25, 0.3) is 0 Å². The highest BCUT2D eigenvalue weighted by Gasteiger charge is 2.12. The van der Waals surface area contributed by atoms with E-state index in [1.165, 1.54) is 23.3 Å². The van der Waals surface area contributed by atoms with Crippen LogP contribution in [-0.4, -0.2) is 13.2 Å². The third-order valence-electron chi connectivity index (χ3n) is 3.51. The predicted molar refractivity (Wildman–Crippen MR) is 88.7 cm³/mol. The molecule has 0 saturated heterocycles. The summed E-state index contributed by atoms with van der Waals surface area (Å²) in [7, 11) is 0. The highest BCUT2D eigenvalue weighted by atomic mass is 19.1. The van der Waals surface area contributed by atoms with E-state index < -0.39 is 0 Å². The quantitative estimate of drug-likeness (QED) is 0.804. The molecule has 0 aliphatic heterocycles. The first-order chi connectivity index (χ1) is 10.4. The fraction of sp³-hybridized carbons (Fsp3) is 0.368. The lowest BCUT2D eigenvalue weighted by molar-refractivity contribution is 0.313. The Balaban J connectivity index is 1.69. The third-order valence-corrected chi connectivity index (χ3v) is 3.51. The van der Waals surface area contributed by atoms with Crippen LogP contribution in [0.15, 0.2) is 48.5 Å². The standard InChI is InChI=1S/C19H24FNO/c1-19(2,3)16-6-4-15(5-7-16)14-21-12-13-22-18-10-8-17(20)9-11-18/h4-11,21H,12-14H2,1-3H3. The molecular weight excluding hydrogens is 277 g/mol. The topological polar surface area (TPSA) is 21.3 Å². The lowest BCUT2D eigenvalue weighted by Gasteiger charge is -2.19. The minimum absolute atomic E-state index is 0.189. The van der Waals surface area contributed by atoms with E-state index >= 15 is 0 Å². The van der Waals surface area contributed by atoms with E-state index in [-0.39, 0.29) is 11.2 Å². The van der Waals surface area contributed by atoms with E-state index in [0.717, 1.165) is 13.1 Å². The van der Waals surface area contributed by atoms with Crippen molar-refractivity contribution in [3.8, 4) is 5.75 Å². The molecule has 0 fully saturated rings. The van der Waals surface area contributed by atoms with Crippen molar-refractivity contribution in [3.05, 3.63) is 65.5 Å². The number of rotatable bonds is 6. The SMILES string of the molecule is CC(C)(C)c1ccc(CNCCOc2ccc(F)cc2)cc1. The van der Waals surface area contributed by atoms with Crippen LogP contribution in [0.1, 0.15) is 31.9 Å². The third kappa shape index (κ3) is 5.15.